The van der Waals surface area contributed by atoms with Crippen molar-refractivity contribution in [3.8, 4) is 5.75 Å². The van der Waals surface area contributed by atoms with Crippen molar-refractivity contribution in [3.05, 3.63) is 36.3 Å². The Kier molecular flexibility index (Phi) is 4.38. The maximum Gasteiger partial charge on any atom is 0.267 e. The van der Waals surface area contributed by atoms with Crippen LogP contribution < -0.4 is 4.74 Å². The van der Waals surface area contributed by atoms with Gasteiger partial charge < -0.3 is 14.7 Å². The Balaban J connectivity index is 2.46. The lowest BCUT2D eigenvalue weighted by Crippen LogP contribution is -2.52. The number of methoxy groups -OCH3 is 1. The van der Waals surface area contributed by atoms with E-state index in [9.17, 15) is 17.9 Å². The molecule has 0 fully saturated rings. The molecule has 0 bridgehead atoms. The number of nitrogens with zero attached hydrogens (tertiary/aromatic N) is 3. The van der Waals surface area contributed by atoms with Crippen LogP contribution in [-0.4, -0.2) is 56.1 Å². The van der Waals surface area contributed by atoms with Crippen LogP contribution in [0.2, 0.25) is 0 Å². The number of likely N-dealkylation sites (N-methyl/N-ethyl adjacent to an activating group) is 1. The van der Waals surface area contributed by atoms with Crippen LogP contribution in [0.1, 0.15) is 0 Å². The maximum absolute atomic E-state index is 13.9. The van der Waals surface area contributed by atoms with E-state index in [4.69, 9.17) is 4.74 Å². The summed E-state index contributed by atoms with van der Waals surface area (Å²) in [6, 6.07) is 5.56. The van der Waals surface area contributed by atoms with Crippen molar-refractivity contribution < 1.29 is 22.7 Å². The van der Waals surface area contributed by atoms with E-state index in [0.29, 0.717) is 16.3 Å². The molecule has 2 rings (SSSR count). The first-order valence-electron chi connectivity index (χ1n) is 6.26. The molecule has 120 valence electrons. The third kappa shape index (κ3) is 2.64. The summed E-state index contributed by atoms with van der Waals surface area (Å²) >= 11 is 0. The van der Waals surface area contributed by atoms with Crippen LogP contribution in [0.3, 0.4) is 0 Å². The SMILES string of the molecule is CN=C1C(F)=CN(S(=O)(=O)c2ccc(OC)cc2)C(O)N1C. The van der Waals surface area contributed by atoms with Crippen molar-refractivity contribution in [2.24, 2.45) is 4.99 Å². The summed E-state index contributed by atoms with van der Waals surface area (Å²) in [7, 11) is 0.0262. The van der Waals surface area contributed by atoms with Gasteiger partial charge in [0.15, 0.2) is 11.7 Å². The van der Waals surface area contributed by atoms with Gasteiger partial charge in [0.05, 0.1) is 18.2 Å². The summed E-state index contributed by atoms with van der Waals surface area (Å²) in [6.45, 7) is 0. The van der Waals surface area contributed by atoms with Gasteiger partial charge in [0.1, 0.15) is 5.75 Å². The number of rotatable bonds is 3. The van der Waals surface area contributed by atoms with Gasteiger partial charge in [-0.1, -0.05) is 0 Å². The van der Waals surface area contributed by atoms with E-state index < -0.39 is 22.2 Å². The quantitative estimate of drug-likeness (QED) is 0.885. The van der Waals surface area contributed by atoms with Crippen LogP contribution >= 0.6 is 0 Å². The molecular weight excluding hydrogens is 313 g/mol. The molecule has 0 radical (unpaired) electrons. The molecule has 1 aromatic rings. The molecule has 0 saturated carbocycles. The number of halogens is 1. The van der Waals surface area contributed by atoms with Crippen molar-refractivity contribution in [1.29, 1.82) is 0 Å². The molecule has 0 aromatic heterocycles. The first-order chi connectivity index (χ1) is 10.3. The second-order valence-corrected chi connectivity index (χ2v) is 6.34. The highest BCUT2D eigenvalue weighted by Gasteiger charge is 2.37. The average molecular weight is 329 g/mol. The normalized spacial score (nSPS) is 21.0. The van der Waals surface area contributed by atoms with Crippen molar-refractivity contribution in [3.63, 3.8) is 0 Å². The fraction of sp³-hybridized carbons (Fsp3) is 0.308. The Labute approximate surface area is 128 Å². The van der Waals surface area contributed by atoms with Crippen LogP contribution in [0.25, 0.3) is 0 Å². The average Bonchev–Trinajstić information content (AvgIpc) is 2.51. The number of hydrogen-bond donors (Lipinski definition) is 1. The van der Waals surface area contributed by atoms with Gasteiger partial charge in [-0.25, -0.2) is 17.1 Å². The number of ether oxygens (including phenoxy) is 1. The zero-order valence-electron chi connectivity index (χ0n) is 12.3. The number of benzene rings is 1. The lowest BCUT2D eigenvalue weighted by molar-refractivity contribution is -0.00987. The molecule has 1 aliphatic heterocycles. The van der Waals surface area contributed by atoms with Crippen molar-refractivity contribution in [2.45, 2.75) is 11.2 Å². The lowest BCUT2D eigenvalue weighted by atomic mass is 10.3. The minimum Gasteiger partial charge on any atom is -0.497 e. The summed E-state index contributed by atoms with van der Waals surface area (Å²) in [6.07, 6.45) is -0.877. The molecule has 22 heavy (non-hydrogen) atoms. The molecule has 9 heteroatoms. The predicted octanol–water partition coefficient (Wildman–Crippen LogP) is 0.746. The molecule has 1 atom stereocenters. The van der Waals surface area contributed by atoms with Crippen molar-refractivity contribution >= 4 is 15.9 Å². The van der Waals surface area contributed by atoms with E-state index >= 15 is 0 Å². The zero-order chi connectivity index (χ0) is 16.5. The topological polar surface area (TPSA) is 82.4 Å². The largest absolute Gasteiger partial charge is 0.497 e. The van der Waals surface area contributed by atoms with E-state index in [-0.39, 0.29) is 10.7 Å². The number of amidine groups is 1. The van der Waals surface area contributed by atoms with Crippen LogP contribution in [0.4, 0.5) is 4.39 Å². The summed E-state index contributed by atoms with van der Waals surface area (Å²) in [4.78, 5) is 4.60. The van der Waals surface area contributed by atoms with Gasteiger partial charge in [-0.3, -0.25) is 4.99 Å². The molecule has 7 nitrogen and oxygen atoms in total. The molecular formula is C13H16FN3O4S. The highest BCUT2D eigenvalue weighted by Crippen LogP contribution is 2.26. The molecule has 0 spiro atoms. The zero-order valence-corrected chi connectivity index (χ0v) is 13.1. The highest BCUT2D eigenvalue weighted by atomic mass is 32.2. The highest BCUT2D eigenvalue weighted by molar-refractivity contribution is 7.89. The molecule has 1 aliphatic rings. The minimum absolute atomic E-state index is 0.0957. The first-order valence-corrected chi connectivity index (χ1v) is 7.70. The Morgan fingerprint density at radius 2 is 1.91 bits per heavy atom. The molecule has 0 aliphatic carbocycles. The van der Waals surface area contributed by atoms with E-state index in [2.05, 4.69) is 4.99 Å². The molecule has 0 saturated heterocycles. The number of hydrogen-bond acceptors (Lipinski definition) is 5. The van der Waals surface area contributed by atoms with Crippen LogP contribution in [0.5, 0.6) is 5.75 Å². The van der Waals surface area contributed by atoms with Crippen LogP contribution in [-0.2, 0) is 10.0 Å². The molecule has 1 aromatic carbocycles. The second kappa shape index (κ2) is 5.93. The fourth-order valence-electron chi connectivity index (χ4n) is 2.01. The molecule has 0 amide bonds. The number of sulfonamides is 1. The Morgan fingerprint density at radius 3 is 2.41 bits per heavy atom. The molecule has 1 unspecified atom stereocenters. The standard InChI is InChI=1S/C13H16FN3O4S/c1-15-12-11(14)8-17(13(18)16(12)2)22(19,20)10-6-4-9(21-3)5-7-10/h4-8,13,18H,1-3H3. The number of aliphatic imine (C=N–C) groups is 1. The van der Waals surface area contributed by atoms with Crippen LogP contribution in [0, 0.1) is 0 Å². The van der Waals surface area contributed by atoms with E-state index in [0.717, 1.165) is 4.90 Å². The summed E-state index contributed by atoms with van der Waals surface area (Å²) < 4.78 is 44.5. The minimum atomic E-state index is -4.12. The van der Waals surface area contributed by atoms with Gasteiger partial charge in [0.2, 0.25) is 6.35 Å². The van der Waals surface area contributed by atoms with Gasteiger partial charge >= 0.3 is 0 Å². The lowest BCUT2D eigenvalue weighted by Gasteiger charge is -2.37. The Bertz CT molecular complexity index is 715. The fourth-order valence-corrected chi connectivity index (χ4v) is 3.36. The Morgan fingerprint density at radius 1 is 1.32 bits per heavy atom. The predicted molar refractivity (Wildman–Crippen MR) is 78.3 cm³/mol. The Hall–Kier alpha value is -2.13. The van der Waals surface area contributed by atoms with Crippen molar-refractivity contribution in [2.75, 3.05) is 21.2 Å². The van der Waals surface area contributed by atoms with E-state index in [1.54, 1.807) is 0 Å². The monoisotopic (exact) mass is 329 g/mol. The number of aliphatic hydroxyl groups excluding tert-OH is 1. The van der Waals surface area contributed by atoms with E-state index in [1.807, 2.05) is 0 Å². The second-order valence-electron chi connectivity index (χ2n) is 4.49. The third-order valence-electron chi connectivity index (χ3n) is 3.21. The maximum atomic E-state index is 13.9. The summed E-state index contributed by atoms with van der Waals surface area (Å²) in [5.41, 5.74) is 0. The summed E-state index contributed by atoms with van der Waals surface area (Å²) in [5.74, 6) is -0.501. The molecule has 1 heterocycles. The van der Waals surface area contributed by atoms with Gasteiger partial charge in [-0.15, -0.1) is 0 Å². The molecule has 1 N–H and O–H groups in total. The number of aliphatic hydroxyl groups is 1. The smallest absolute Gasteiger partial charge is 0.267 e. The first kappa shape index (κ1) is 16.2. The third-order valence-corrected chi connectivity index (χ3v) is 4.93. The van der Waals surface area contributed by atoms with Gasteiger partial charge in [0, 0.05) is 14.1 Å². The summed E-state index contributed by atoms with van der Waals surface area (Å²) in [5, 5.41) is 10.1. The van der Waals surface area contributed by atoms with Crippen molar-refractivity contribution in [1.82, 2.24) is 9.21 Å². The van der Waals surface area contributed by atoms with Gasteiger partial charge in [-0.2, -0.15) is 0 Å². The van der Waals surface area contributed by atoms with E-state index in [1.165, 1.54) is 45.5 Å². The van der Waals surface area contributed by atoms with Gasteiger partial charge in [0.25, 0.3) is 10.0 Å². The van der Waals surface area contributed by atoms with Crippen LogP contribution in [0.15, 0.2) is 46.2 Å². The van der Waals surface area contributed by atoms with Gasteiger partial charge in [-0.05, 0) is 24.3 Å².